The molecule has 1 aliphatic carbocycles. The van der Waals surface area contributed by atoms with Gasteiger partial charge in [0.25, 0.3) is 0 Å². The molecule has 0 aliphatic heterocycles. The Morgan fingerprint density at radius 1 is 1.00 bits per heavy atom. The number of carbonyl (C=O) groups is 1. The number of rotatable bonds is 5. The molecule has 1 aliphatic rings. The normalized spacial score (nSPS) is 16.5. The van der Waals surface area contributed by atoms with E-state index in [4.69, 9.17) is 0 Å². The molecule has 0 aromatic heterocycles. The van der Waals surface area contributed by atoms with Gasteiger partial charge in [-0.3, -0.25) is 4.79 Å². The lowest BCUT2D eigenvalue weighted by atomic mass is 9.78. The Morgan fingerprint density at radius 2 is 1.61 bits per heavy atom. The molecule has 0 bridgehead atoms. The highest BCUT2D eigenvalue weighted by molar-refractivity contribution is 7.89. The summed E-state index contributed by atoms with van der Waals surface area (Å²) >= 11 is 0. The minimum absolute atomic E-state index is 0.0960. The van der Waals surface area contributed by atoms with Crippen LogP contribution in [0.25, 0.3) is 11.1 Å². The highest BCUT2D eigenvalue weighted by Gasteiger charge is 2.47. The molecule has 1 fully saturated rings. The van der Waals surface area contributed by atoms with Crippen LogP contribution in [0.1, 0.15) is 19.3 Å². The lowest BCUT2D eigenvalue weighted by molar-refractivity contribution is -0.147. The molecule has 1 saturated carbocycles. The molecule has 120 valence electrons. The van der Waals surface area contributed by atoms with Gasteiger partial charge in [0.1, 0.15) is 5.54 Å². The second-order valence-electron chi connectivity index (χ2n) is 5.71. The first-order valence-electron chi connectivity index (χ1n) is 7.36. The molecule has 0 saturated heterocycles. The summed E-state index contributed by atoms with van der Waals surface area (Å²) in [6.07, 6.45) is 1.33. The van der Waals surface area contributed by atoms with E-state index < -0.39 is 21.5 Å². The van der Waals surface area contributed by atoms with E-state index in [1.54, 1.807) is 18.2 Å². The summed E-state index contributed by atoms with van der Waals surface area (Å²) in [5, 5.41) is 9.35. The number of hydrogen-bond donors (Lipinski definition) is 2. The van der Waals surface area contributed by atoms with Crippen LogP contribution in [-0.2, 0) is 14.8 Å². The molecule has 2 N–H and O–H groups in total. The molecule has 0 atom stereocenters. The minimum atomic E-state index is -3.93. The number of sulfonamides is 1. The molecule has 0 spiro atoms. The Hall–Kier alpha value is -2.18. The quantitative estimate of drug-likeness (QED) is 0.882. The van der Waals surface area contributed by atoms with Crippen LogP contribution in [0.5, 0.6) is 0 Å². The van der Waals surface area contributed by atoms with Crippen LogP contribution in [0.3, 0.4) is 0 Å². The third kappa shape index (κ3) is 2.87. The Kier molecular flexibility index (Phi) is 3.95. The van der Waals surface area contributed by atoms with Gasteiger partial charge < -0.3 is 5.11 Å². The first-order valence-corrected chi connectivity index (χ1v) is 8.85. The van der Waals surface area contributed by atoms with Crippen molar-refractivity contribution in [3.05, 3.63) is 54.6 Å². The fourth-order valence-electron chi connectivity index (χ4n) is 2.76. The third-order valence-corrected chi connectivity index (χ3v) is 5.80. The van der Waals surface area contributed by atoms with Crippen molar-refractivity contribution < 1.29 is 18.3 Å². The molecule has 23 heavy (non-hydrogen) atoms. The Bertz CT molecular complexity index is 827. The molecular formula is C17H17NO4S. The van der Waals surface area contributed by atoms with E-state index in [9.17, 15) is 18.3 Å². The predicted octanol–water partition coefficient (Wildman–Crippen LogP) is 2.64. The molecule has 6 heteroatoms. The third-order valence-electron chi connectivity index (χ3n) is 4.21. The molecule has 3 rings (SSSR count). The largest absolute Gasteiger partial charge is 0.480 e. The van der Waals surface area contributed by atoms with Crippen molar-refractivity contribution in [2.45, 2.75) is 29.7 Å². The van der Waals surface area contributed by atoms with Crippen molar-refractivity contribution in [3.63, 3.8) is 0 Å². The van der Waals surface area contributed by atoms with Gasteiger partial charge in [-0.05, 0) is 30.9 Å². The summed E-state index contributed by atoms with van der Waals surface area (Å²) < 4.78 is 27.9. The monoisotopic (exact) mass is 331 g/mol. The summed E-state index contributed by atoms with van der Waals surface area (Å²) in [5.41, 5.74) is -0.0465. The van der Waals surface area contributed by atoms with Gasteiger partial charge in [0.15, 0.2) is 0 Å². The van der Waals surface area contributed by atoms with Crippen LogP contribution < -0.4 is 4.72 Å². The Labute approximate surface area is 135 Å². The summed E-state index contributed by atoms with van der Waals surface area (Å²) in [6, 6.07) is 15.8. The van der Waals surface area contributed by atoms with Gasteiger partial charge in [0, 0.05) is 5.56 Å². The maximum Gasteiger partial charge on any atom is 0.324 e. The average Bonchev–Trinajstić information content (AvgIpc) is 2.51. The lowest BCUT2D eigenvalue weighted by Gasteiger charge is -2.37. The molecule has 5 nitrogen and oxygen atoms in total. The van der Waals surface area contributed by atoms with Crippen molar-refractivity contribution in [1.82, 2.24) is 4.72 Å². The van der Waals surface area contributed by atoms with Crippen LogP contribution in [0.15, 0.2) is 59.5 Å². The number of hydrogen-bond acceptors (Lipinski definition) is 3. The highest BCUT2D eigenvalue weighted by atomic mass is 32.2. The fourth-order valence-corrected chi connectivity index (χ4v) is 4.41. The number of aliphatic carboxylic acids is 1. The summed E-state index contributed by atoms with van der Waals surface area (Å²) in [7, 11) is -3.93. The van der Waals surface area contributed by atoms with Gasteiger partial charge in [-0.1, -0.05) is 48.5 Å². The van der Waals surface area contributed by atoms with Gasteiger partial charge in [-0.2, -0.15) is 4.72 Å². The zero-order valence-corrected chi connectivity index (χ0v) is 13.2. The van der Waals surface area contributed by atoms with Crippen LogP contribution in [0.4, 0.5) is 0 Å². The predicted molar refractivity (Wildman–Crippen MR) is 86.4 cm³/mol. The zero-order chi connectivity index (χ0) is 16.5. The van der Waals surface area contributed by atoms with Crippen molar-refractivity contribution in [2.24, 2.45) is 0 Å². The van der Waals surface area contributed by atoms with Crippen molar-refractivity contribution in [3.8, 4) is 11.1 Å². The SMILES string of the molecule is O=C(O)C1(NS(=O)(=O)c2ccccc2-c2ccccc2)CCC1. The van der Waals surface area contributed by atoms with E-state index in [0.29, 0.717) is 24.8 Å². The second-order valence-corrected chi connectivity index (χ2v) is 7.36. The van der Waals surface area contributed by atoms with Crippen molar-refractivity contribution >= 4 is 16.0 Å². The number of carboxylic acid groups (broad SMARTS) is 1. The molecule has 2 aromatic rings. The molecule has 0 heterocycles. The van der Waals surface area contributed by atoms with Gasteiger partial charge in [-0.25, -0.2) is 8.42 Å². The summed E-state index contributed by atoms with van der Waals surface area (Å²) in [6.45, 7) is 0. The van der Waals surface area contributed by atoms with Crippen molar-refractivity contribution in [1.29, 1.82) is 0 Å². The zero-order valence-electron chi connectivity index (χ0n) is 12.4. The topological polar surface area (TPSA) is 83.5 Å². The summed E-state index contributed by atoms with van der Waals surface area (Å²) in [4.78, 5) is 11.5. The molecule has 0 unspecified atom stereocenters. The van der Waals surface area contributed by atoms with Crippen LogP contribution in [0, 0.1) is 0 Å². The first-order chi connectivity index (χ1) is 10.9. The van der Waals surface area contributed by atoms with E-state index in [0.717, 1.165) is 5.56 Å². The minimum Gasteiger partial charge on any atom is -0.480 e. The highest BCUT2D eigenvalue weighted by Crippen LogP contribution is 2.35. The van der Waals surface area contributed by atoms with E-state index in [-0.39, 0.29) is 4.90 Å². The maximum absolute atomic E-state index is 12.8. The maximum atomic E-state index is 12.8. The van der Waals surface area contributed by atoms with Gasteiger partial charge in [0.05, 0.1) is 4.90 Å². The number of benzene rings is 2. The standard InChI is InChI=1S/C17H17NO4S/c19-16(20)17(11-6-12-17)18-23(21,22)15-10-5-4-9-14(15)13-7-2-1-3-8-13/h1-5,7-10,18H,6,11-12H2,(H,19,20). The summed E-state index contributed by atoms with van der Waals surface area (Å²) in [5.74, 6) is -1.12. The van der Waals surface area contributed by atoms with Crippen molar-refractivity contribution in [2.75, 3.05) is 0 Å². The smallest absolute Gasteiger partial charge is 0.324 e. The van der Waals surface area contributed by atoms with Crippen LogP contribution in [-0.4, -0.2) is 25.0 Å². The molecule has 0 radical (unpaired) electrons. The first kappa shape index (κ1) is 15.7. The van der Waals surface area contributed by atoms with Gasteiger partial charge >= 0.3 is 5.97 Å². The van der Waals surface area contributed by atoms with E-state index in [1.807, 2.05) is 30.3 Å². The Balaban J connectivity index is 2.03. The Morgan fingerprint density at radius 3 is 2.17 bits per heavy atom. The average molecular weight is 331 g/mol. The van der Waals surface area contributed by atoms with Gasteiger partial charge in [-0.15, -0.1) is 0 Å². The molecule has 2 aromatic carbocycles. The molecular weight excluding hydrogens is 314 g/mol. The van der Waals surface area contributed by atoms with Gasteiger partial charge in [0.2, 0.25) is 10.0 Å². The lowest BCUT2D eigenvalue weighted by Crippen LogP contribution is -2.58. The fraction of sp³-hybridized carbons (Fsp3) is 0.235. The van der Waals surface area contributed by atoms with Crippen LogP contribution in [0.2, 0.25) is 0 Å². The van der Waals surface area contributed by atoms with E-state index in [1.165, 1.54) is 6.07 Å². The number of nitrogens with one attached hydrogen (secondary N) is 1. The van der Waals surface area contributed by atoms with Crippen LogP contribution >= 0.6 is 0 Å². The number of carboxylic acids is 1. The molecule has 0 amide bonds. The van der Waals surface area contributed by atoms with E-state index >= 15 is 0 Å². The second kappa shape index (κ2) is 5.79. The van der Waals surface area contributed by atoms with E-state index in [2.05, 4.69) is 4.72 Å².